The van der Waals surface area contributed by atoms with Crippen molar-refractivity contribution in [1.29, 1.82) is 0 Å². The number of ether oxygens (including phenoxy) is 1. The van der Waals surface area contributed by atoms with E-state index in [4.69, 9.17) is 9.72 Å². The van der Waals surface area contributed by atoms with Gasteiger partial charge in [0, 0.05) is 24.7 Å². The summed E-state index contributed by atoms with van der Waals surface area (Å²) < 4.78 is 25.0. The Bertz CT molecular complexity index is 1090. The molecule has 2 aromatic heterocycles. The van der Waals surface area contributed by atoms with E-state index >= 15 is 0 Å². The summed E-state index contributed by atoms with van der Waals surface area (Å²) in [5.41, 5.74) is 2.11. The highest BCUT2D eigenvalue weighted by Crippen LogP contribution is 2.35. The van der Waals surface area contributed by atoms with Gasteiger partial charge in [-0.05, 0) is 56.6 Å². The molecule has 0 bridgehead atoms. The molecule has 0 saturated heterocycles. The first-order chi connectivity index (χ1) is 14.5. The van der Waals surface area contributed by atoms with Crippen molar-refractivity contribution < 1.29 is 13.9 Å². The first kappa shape index (κ1) is 20.2. The lowest BCUT2D eigenvalue weighted by atomic mass is 10.1. The summed E-state index contributed by atoms with van der Waals surface area (Å²) in [5.74, 6) is 0.947. The molecule has 0 saturated carbocycles. The average molecular weight is 428 g/mol. The van der Waals surface area contributed by atoms with Crippen LogP contribution in [0.3, 0.4) is 0 Å². The summed E-state index contributed by atoms with van der Waals surface area (Å²) in [6, 6.07) is 5.41. The minimum absolute atomic E-state index is 0.136. The van der Waals surface area contributed by atoms with Gasteiger partial charge in [-0.1, -0.05) is 0 Å². The predicted molar refractivity (Wildman–Crippen MR) is 112 cm³/mol. The third-order valence-electron chi connectivity index (χ3n) is 5.02. The van der Waals surface area contributed by atoms with Crippen LogP contribution in [0, 0.1) is 12.7 Å². The van der Waals surface area contributed by atoms with Crippen LogP contribution >= 0.6 is 11.5 Å². The first-order valence-electron chi connectivity index (χ1n) is 9.75. The Balaban J connectivity index is 1.73. The number of fused-ring (bicyclic) bond motifs is 1. The van der Waals surface area contributed by atoms with Gasteiger partial charge in [0.1, 0.15) is 11.6 Å². The van der Waals surface area contributed by atoms with Gasteiger partial charge in [-0.25, -0.2) is 14.4 Å². The molecule has 0 radical (unpaired) electrons. The first-order valence-corrected chi connectivity index (χ1v) is 10.5. The number of amides is 1. The number of aryl methyl sites for hydroxylation is 1. The van der Waals surface area contributed by atoms with Gasteiger partial charge in [-0.3, -0.25) is 4.79 Å². The third kappa shape index (κ3) is 3.72. The highest BCUT2D eigenvalue weighted by atomic mass is 32.1. The maximum atomic E-state index is 13.3. The molecule has 3 heterocycles. The number of halogens is 1. The maximum absolute atomic E-state index is 13.3. The fourth-order valence-electron chi connectivity index (χ4n) is 3.62. The Hall–Kier alpha value is -3.07. The minimum Gasteiger partial charge on any atom is -0.501 e. The molecule has 0 unspecified atom stereocenters. The summed E-state index contributed by atoms with van der Waals surface area (Å²) >= 11 is 1.31. The number of rotatable bonds is 5. The molecular weight excluding hydrogens is 405 g/mol. The number of hydrogen-bond acceptors (Lipinski definition) is 6. The lowest BCUT2D eigenvalue weighted by Gasteiger charge is -2.35. The van der Waals surface area contributed by atoms with Crippen molar-refractivity contribution in [3.05, 3.63) is 59.1 Å². The van der Waals surface area contributed by atoms with Crippen molar-refractivity contribution in [3.8, 4) is 10.8 Å². The zero-order chi connectivity index (χ0) is 21.3. The Morgan fingerprint density at radius 3 is 2.73 bits per heavy atom. The number of benzene rings is 1. The van der Waals surface area contributed by atoms with Gasteiger partial charge in [-0.15, -0.1) is 0 Å². The number of imidazole rings is 1. The van der Waals surface area contributed by atoms with E-state index in [1.54, 1.807) is 11.2 Å². The second-order valence-electron chi connectivity index (χ2n) is 6.94. The molecule has 0 aliphatic carbocycles. The molecule has 0 N–H and O–H groups in total. The van der Waals surface area contributed by atoms with E-state index in [1.807, 2.05) is 26.8 Å². The van der Waals surface area contributed by atoms with Crippen molar-refractivity contribution >= 4 is 23.5 Å². The molecule has 1 aliphatic heterocycles. The lowest BCUT2D eigenvalue weighted by molar-refractivity contribution is 0.0644. The molecule has 1 aliphatic rings. The SMILES string of the molecule is CCO/C=C/c1nc(-c2nc(C)ns2)n2c1[C@@H](C)N(C(=O)c1ccc(F)cc1)CC2. The maximum Gasteiger partial charge on any atom is 0.254 e. The average Bonchev–Trinajstić information content (AvgIpc) is 3.32. The minimum atomic E-state index is -0.364. The second kappa shape index (κ2) is 8.35. The number of hydrogen-bond donors (Lipinski definition) is 0. The quantitative estimate of drug-likeness (QED) is 0.574. The number of aromatic nitrogens is 4. The number of carbonyl (C=O) groups is 1. The molecule has 1 amide bonds. The van der Waals surface area contributed by atoms with Gasteiger partial charge in [-0.2, -0.15) is 4.37 Å². The summed E-state index contributed by atoms with van der Waals surface area (Å²) in [5, 5.41) is 0.746. The fraction of sp³-hybridized carbons (Fsp3) is 0.333. The summed E-state index contributed by atoms with van der Waals surface area (Å²) in [7, 11) is 0. The highest BCUT2D eigenvalue weighted by molar-refractivity contribution is 7.09. The van der Waals surface area contributed by atoms with E-state index in [9.17, 15) is 9.18 Å². The van der Waals surface area contributed by atoms with Crippen LogP contribution in [0.15, 0.2) is 30.5 Å². The third-order valence-corrected chi connectivity index (χ3v) is 5.82. The van der Waals surface area contributed by atoms with Crippen LogP contribution < -0.4 is 0 Å². The standard InChI is InChI=1S/C21H22FN5O2S/c1-4-29-12-9-17-18-13(2)26(21(28)15-5-7-16(22)8-6-15)10-11-27(18)19(24-17)20-23-14(3)25-30-20/h5-9,12-13H,4,10-11H2,1-3H3/b12-9+/t13-/m1/s1. The van der Waals surface area contributed by atoms with Crippen molar-refractivity contribution in [1.82, 2.24) is 23.8 Å². The highest BCUT2D eigenvalue weighted by Gasteiger charge is 2.33. The van der Waals surface area contributed by atoms with E-state index in [0.717, 1.165) is 22.2 Å². The molecule has 9 heteroatoms. The van der Waals surface area contributed by atoms with E-state index in [1.165, 1.54) is 35.8 Å². The normalized spacial score (nSPS) is 16.1. The molecule has 0 fully saturated rings. The van der Waals surface area contributed by atoms with Gasteiger partial charge in [0.2, 0.25) is 0 Å². The van der Waals surface area contributed by atoms with Crippen molar-refractivity contribution in [2.75, 3.05) is 13.2 Å². The molecule has 4 rings (SSSR count). The van der Waals surface area contributed by atoms with Crippen LogP contribution in [0.2, 0.25) is 0 Å². The molecule has 156 valence electrons. The smallest absolute Gasteiger partial charge is 0.254 e. The van der Waals surface area contributed by atoms with Crippen molar-refractivity contribution in [2.45, 2.75) is 33.4 Å². The molecular formula is C21H22FN5O2S. The van der Waals surface area contributed by atoms with Gasteiger partial charge in [0.15, 0.2) is 10.8 Å². The van der Waals surface area contributed by atoms with E-state index < -0.39 is 0 Å². The van der Waals surface area contributed by atoms with Gasteiger partial charge < -0.3 is 14.2 Å². The van der Waals surface area contributed by atoms with E-state index in [-0.39, 0.29) is 17.8 Å². The molecule has 30 heavy (non-hydrogen) atoms. The molecule has 1 atom stereocenters. The summed E-state index contributed by atoms with van der Waals surface area (Å²) in [6.07, 6.45) is 3.43. The van der Waals surface area contributed by atoms with Gasteiger partial charge >= 0.3 is 0 Å². The van der Waals surface area contributed by atoms with Crippen LogP contribution in [0.1, 0.15) is 47.5 Å². The van der Waals surface area contributed by atoms with Crippen molar-refractivity contribution in [3.63, 3.8) is 0 Å². The molecule has 1 aromatic carbocycles. The van der Waals surface area contributed by atoms with Gasteiger partial charge in [0.25, 0.3) is 5.91 Å². The predicted octanol–water partition coefficient (Wildman–Crippen LogP) is 4.07. The fourth-order valence-corrected chi connectivity index (χ4v) is 4.29. The number of carbonyl (C=O) groups excluding carboxylic acids is 1. The molecule has 7 nitrogen and oxygen atoms in total. The Morgan fingerprint density at radius 1 is 1.30 bits per heavy atom. The van der Waals surface area contributed by atoms with Crippen LogP contribution in [0.25, 0.3) is 16.9 Å². The van der Waals surface area contributed by atoms with Gasteiger partial charge in [0.05, 0.1) is 30.3 Å². The second-order valence-corrected chi connectivity index (χ2v) is 7.70. The Morgan fingerprint density at radius 2 is 2.07 bits per heavy atom. The molecule has 3 aromatic rings. The van der Waals surface area contributed by atoms with Crippen LogP contribution in [-0.2, 0) is 11.3 Å². The topological polar surface area (TPSA) is 73.1 Å². The zero-order valence-electron chi connectivity index (χ0n) is 17.0. The Labute approximate surface area is 178 Å². The lowest BCUT2D eigenvalue weighted by Crippen LogP contribution is -2.41. The Kier molecular flexibility index (Phi) is 5.63. The number of nitrogens with zero attached hydrogens (tertiary/aromatic N) is 5. The monoisotopic (exact) mass is 427 g/mol. The summed E-state index contributed by atoms with van der Waals surface area (Å²) in [4.78, 5) is 24.2. The van der Waals surface area contributed by atoms with E-state index in [2.05, 4.69) is 13.9 Å². The molecule has 0 spiro atoms. The summed E-state index contributed by atoms with van der Waals surface area (Å²) in [6.45, 7) is 7.38. The van der Waals surface area contributed by atoms with Crippen LogP contribution in [0.4, 0.5) is 4.39 Å². The largest absolute Gasteiger partial charge is 0.501 e. The van der Waals surface area contributed by atoms with Crippen molar-refractivity contribution in [2.24, 2.45) is 0 Å². The van der Waals surface area contributed by atoms with Crippen LogP contribution in [-0.4, -0.2) is 42.9 Å². The van der Waals surface area contributed by atoms with E-state index in [0.29, 0.717) is 31.1 Å². The zero-order valence-corrected chi connectivity index (χ0v) is 17.8. The van der Waals surface area contributed by atoms with Crippen LogP contribution in [0.5, 0.6) is 0 Å².